The molecule has 1 rings (SSSR count). The first-order valence-electron chi connectivity index (χ1n) is 5.43. The van der Waals surface area contributed by atoms with Gasteiger partial charge < -0.3 is 20.4 Å². The largest absolute Gasteiger partial charge is 0.480 e. The molecule has 0 spiro atoms. The van der Waals surface area contributed by atoms with Crippen molar-refractivity contribution in [3.05, 3.63) is 0 Å². The fraction of sp³-hybridized carbons (Fsp3) is 0.800. The monoisotopic (exact) mass is 230 g/mol. The molecule has 3 N–H and O–H groups in total. The molecule has 1 fully saturated rings. The van der Waals surface area contributed by atoms with Gasteiger partial charge in [-0.15, -0.1) is 0 Å². The SMILES string of the molecule is CC1CCN(C(=O)N[C@H](CO)C(=O)O)CC1. The highest BCUT2D eigenvalue weighted by atomic mass is 16.4. The Morgan fingerprint density at radius 2 is 2.00 bits per heavy atom. The number of aliphatic carboxylic acids is 1. The van der Waals surface area contributed by atoms with Crippen molar-refractivity contribution in [3.63, 3.8) is 0 Å². The molecule has 1 aliphatic rings. The molecular weight excluding hydrogens is 212 g/mol. The molecule has 0 saturated carbocycles. The van der Waals surface area contributed by atoms with E-state index in [1.165, 1.54) is 0 Å². The molecule has 6 nitrogen and oxygen atoms in total. The summed E-state index contributed by atoms with van der Waals surface area (Å²) in [5.41, 5.74) is 0. The molecule has 16 heavy (non-hydrogen) atoms. The molecule has 0 aromatic rings. The molecule has 1 saturated heterocycles. The molecule has 0 aromatic heterocycles. The first kappa shape index (κ1) is 12.8. The van der Waals surface area contributed by atoms with Gasteiger partial charge in [0.2, 0.25) is 0 Å². The smallest absolute Gasteiger partial charge is 0.328 e. The van der Waals surface area contributed by atoms with Crippen molar-refractivity contribution >= 4 is 12.0 Å². The summed E-state index contributed by atoms with van der Waals surface area (Å²) in [5, 5.41) is 19.7. The van der Waals surface area contributed by atoms with Gasteiger partial charge in [0, 0.05) is 13.1 Å². The lowest BCUT2D eigenvalue weighted by atomic mass is 10.00. The maximum absolute atomic E-state index is 11.6. The summed E-state index contributed by atoms with van der Waals surface area (Å²) in [5.74, 6) is -0.613. The van der Waals surface area contributed by atoms with Crippen LogP contribution in [0, 0.1) is 5.92 Å². The number of carbonyl (C=O) groups is 2. The van der Waals surface area contributed by atoms with Gasteiger partial charge in [-0.2, -0.15) is 0 Å². The second-order valence-corrected chi connectivity index (χ2v) is 4.19. The lowest BCUT2D eigenvalue weighted by Gasteiger charge is -2.31. The van der Waals surface area contributed by atoms with E-state index < -0.39 is 24.6 Å². The van der Waals surface area contributed by atoms with Crippen LogP contribution in [0.3, 0.4) is 0 Å². The number of urea groups is 1. The first-order valence-corrected chi connectivity index (χ1v) is 5.43. The van der Waals surface area contributed by atoms with E-state index in [1.54, 1.807) is 4.90 Å². The van der Waals surface area contributed by atoms with Gasteiger partial charge in [-0.05, 0) is 18.8 Å². The van der Waals surface area contributed by atoms with Crippen molar-refractivity contribution in [2.24, 2.45) is 5.92 Å². The Balaban J connectivity index is 2.42. The third kappa shape index (κ3) is 3.37. The van der Waals surface area contributed by atoms with Crippen molar-refractivity contribution < 1.29 is 19.8 Å². The first-order chi connectivity index (χ1) is 7.54. The Hall–Kier alpha value is -1.30. The molecule has 0 unspecified atom stereocenters. The van der Waals surface area contributed by atoms with Gasteiger partial charge in [0.1, 0.15) is 0 Å². The molecule has 2 amide bonds. The van der Waals surface area contributed by atoms with Gasteiger partial charge in [-0.25, -0.2) is 9.59 Å². The number of nitrogens with one attached hydrogen (secondary N) is 1. The highest BCUT2D eigenvalue weighted by Gasteiger charge is 2.24. The predicted octanol–water partition coefficient (Wildman–Crippen LogP) is -0.127. The Morgan fingerprint density at radius 3 is 2.44 bits per heavy atom. The van der Waals surface area contributed by atoms with Crippen LogP contribution in [0.2, 0.25) is 0 Å². The second kappa shape index (κ2) is 5.69. The van der Waals surface area contributed by atoms with Gasteiger partial charge >= 0.3 is 12.0 Å². The molecule has 92 valence electrons. The number of hydrogen-bond acceptors (Lipinski definition) is 3. The fourth-order valence-electron chi connectivity index (χ4n) is 1.64. The molecule has 1 atom stereocenters. The highest BCUT2D eigenvalue weighted by molar-refractivity contribution is 5.82. The van der Waals surface area contributed by atoms with E-state index in [0.29, 0.717) is 19.0 Å². The van der Waals surface area contributed by atoms with Crippen LogP contribution >= 0.6 is 0 Å². The quantitative estimate of drug-likeness (QED) is 0.630. The van der Waals surface area contributed by atoms with Crippen LogP contribution < -0.4 is 5.32 Å². The van der Waals surface area contributed by atoms with E-state index in [0.717, 1.165) is 12.8 Å². The average Bonchev–Trinajstić information content (AvgIpc) is 2.26. The van der Waals surface area contributed by atoms with E-state index in [4.69, 9.17) is 10.2 Å². The average molecular weight is 230 g/mol. The number of piperidine rings is 1. The van der Waals surface area contributed by atoms with Crippen LogP contribution in [-0.4, -0.2) is 52.9 Å². The van der Waals surface area contributed by atoms with Crippen LogP contribution in [-0.2, 0) is 4.79 Å². The van der Waals surface area contributed by atoms with Gasteiger partial charge in [0.15, 0.2) is 6.04 Å². The third-order valence-electron chi connectivity index (χ3n) is 2.85. The Labute approximate surface area is 94.2 Å². The third-order valence-corrected chi connectivity index (χ3v) is 2.85. The van der Waals surface area contributed by atoms with Crippen molar-refractivity contribution in [1.29, 1.82) is 0 Å². The summed E-state index contributed by atoms with van der Waals surface area (Å²) in [7, 11) is 0. The number of carboxylic acid groups (broad SMARTS) is 1. The van der Waals surface area contributed by atoms with E-state index in [-0.39, 0.29) is 0 Å². The molecule has 0 radical (unpaired) electrons. The van der Waals surface area contributed by atoms with Crippen molar-refractivity contribution in [1.82, 2.24) is 10.2 Å². The maximum atomic E-state index is 11.6. The van der Waals surface area contributed by atoms with Crippen LogP contribution in [0.25, 0.3) is 0 Å². The number of likely N-dealkylation sites (tertiary alicyclic amines) is 1. The van der Waals surface area contributed by atoms with Crippen LogP contribution in [0.4, 0.5) is 4.79 Å². The minimum Gasteiger partial charge on any atom is -0.480 e. The number of carboxylic acids is 1. The standard InChI is InChI=1S/C10H18N2O4/c1-7-2-4-12(5-3-7)10(16)11-8(6-13)9(14)15/h7-8,13H,2-6H2,1H3,(H,11,16)(H,14,15)/t8-/m1/s1. The predicted molar refractivity (Wildman–Crippen MR) is 57.0 cm³/mol. The number of aliphatic hydroxyl groups excluding tert-OH is 1. The molecule has 0 bridgehead atoms. The lowest BCUT2D eigenvalue weighted by Crippen LogP contribution is -2.51. The zero-order chi connectivity index (χ0) is 12.1. The minimum absolute atomic E-state index is 0.409. The van der Waals surface area contributed by atoms with Gasteiger partial charge in [-0.3, -0.25) is 0 Å². The second-order valence-electron chi connectivity index (χ2n) is 4.19. The van der Waals surface area contributed by atoms with Gasteiger partial charge in [0.25, 0.3) is 0 Å². The molecule has 0 aliphatic carbocycles. The maximum Gasteiger partial charge on any atom is 0.328 e. The zero-order valence-electron chi connectivity index (χ0n) is 9.35. The summed E-state index contributed by atoms with van der Waals surface area (Å²) in [6.07, 6.45) is 1.87. The minimum atomic E-state index is -1.22. The van der Waals surface area contributed by atoms with Gasteiger partial charge in [-0.1, -0.05) is 6.92 Å². The Kier molecular flexibility index (Phi) is 4.54. The normalized spacial score (nSPS) is 19.2. The van der Waals surface area contributed by atoms with Crippen molar-refractivity contribution in [3.8, 4) is 0 Å². The number of amides is 2. The van der Waals surface area contributed by atoms with Crippen LogP contribution in [0.5, 0.6) is 0 Å². The summed E-state index contributed by atoms with van der Waals surface area (Å²) in [6.45, 7) is 2.82. The number of rotatable bonds is 3. The molecular formula is C10H18N2O4. The highest BCUT2D eigenvalue weighted by Crippen LogP contribution is 2.15. The van der Waals surface area contributed by atoms with E-state index in [2.05, 4.69) is 12.2 Å². The number of aliphatic hydroxyl groups is 1. The lowest BCUT2D eigenvalue weighted by molar-refractivity contribution is -0.140. The van der Waals surface area contributed by atoms with Gasteiger partial charge in [0.05, 0.1) is 6.61 Å². The molecule has 1 aliphatic heterocycles. The Morgan fingerprint density at radius 1 is 1.44 bits per heavy atom. The molecule has 6 heteroatoms. The van der Waals surface area contributed by atoms with Crippen LogP contribution in [0.15, 0.2) is 0 Å². The Bertz CT molecular complexity index is 262. The number of hydrogen-bond donors (Lipinski definition) is 3. The zero-order valence-corrected chi connectivity index (χ0v) is 9.35. The summed E-state index contributed by atoms with van der Waals surface area (Å²) < 4.78 is 0. The fourth-order valence-corrected chi connectivity index (χ4v) is 1.64. The summed E-state index contributed by atoms with van der Waals surface area (Å²) in [4.78, 5) is 23.8. The molecule has 1 heterocycles. The number of nitrogens with zero attached hydrogens (tertiary/aromatic N) is 1. The number of carbonyl (C=O) groups excluding carboxylic acids is 1. The van der Waals surface area contributed by atoms with Crippen molar-refractivity contribution in [2.75, 3.05) is 19.7 Å². The summed E-state index contributed by atoms with van der Waals surface area (Å²) in [6, 6.07) is -1.62. The van der Waals surface area contributed by atoms with E-state index in [1.807, 2.05) is 0 Å². The van der Waals surface area contributed by atoms with Crippen LogP contribution in [0.1, 0.15) is 19.8 Å². The van der Waals surface area contributed by atoms with E-state index in [9.17, 15) is 9.59 Å². The molecule has 0 aromatic carbocycles. The topological polar surface area (TPSA) is 89.9 Å². The van der Waals surface area contributed by atoms with E-state index >= 15 is 0 Å². The summed E-state index contributed by atoms with van der Waals surface area (Å²) >= 11 is 0. The van der Waals surface area contributed by atoms with Crippen molar-refractivity contribution in [2.45, 2.75) is 25.8 Å².